The molecule has 15 heavy (non-hydrogen) atoms. The number of carbonyl (C=O) groups is 1. The Morgan fingerprint density at radius 2 is 2.07 bits per heavy atom. The first-order chi connectivity index (χ1) is 7.24. The number of nitrogens with two attached hydrogens (primary N) is 1. The van der Waals surface area contributed by atoms with Gasteiger partial charge in [-0.05, 0) is 12.1 Å². The van der Waals surface area contributed by atoms with Crippen molar-refractivity contribution in [2.24, 2.45) is 5.73 Å². The maximum Gasteiger partial charge on any atom is 0.259 e. The van der Waals surface area contributed by atoms with Crippen LogP contribution in [-0.4, -0.2) is 30.0 Å². The van der Waals surface area contributed by atoms with Crippen molar-refractivity contribution in [1.82, 2.24) is 5.01 Å². The van der Waals surface area contributed by atoms with E-state index in [-0.39, 0.29) is 5.91 Å². The van der Waals surface area contributed by atoms with Crippen molar-refractivity contribution in [1.29, 1.82) is 0 Å². The van der Waals surface area contributed by atoms with Crippen molar-refractivity contribution in [2.45, 2.75) is 13.0 Å². The van der Waals surface area contributed by atoms with Gasteiger partial charge in [0.1, 0.15) is 6.04 Å². The molecule has 1 aromatic carbocycles. The van der Waals surface area contributed by atoms with E-state index in [4.69, 9.17) is 5.73 Å². The first-order valence-corrected chi connectivity index (χ1v) is 5.13. The molecule has 1 unspecified atom stereocenters. The van der Waals surface area contributed by atoms with E-state index in [0.717, 1.165) is 12.2 Å². The molecule has 2 N–H and O–H groups in total. The molecule has 1 amide bonds. The zero-order valence-corrected chi connectivity index (χ0v) is 8.76. The van der Waals surface area contributed by atoms with Crippen LogP contribution >= 0.6 is 0 Å². The fourth-order valence-corrected chi connectivity index (χ4v) is 1.81. The molecule has 1 aliphatic heterocycles. The number of hydrogen-bond acceptors (Lipinski definition) is 3. The lowest BCUT2D eigenvalue weighted by Gasteiger charge is -2.26. The summed E-state index contributed by atoms with van der Waals surface area (Å²) in [5.74, 6) is -0.0250. The SMILES string of the molecule is CCN1CC(N)C(=O)N1c1ccccc1. The Morgan fingerprint density at radius 1 is 1.40 bits per heavy atom. The molecule has 0 spiro atoms. The van der Waals surface area contributed by atoms with Crippen molar-refractivity contribution in [2.75, 3.05) is 18.1 Å². The van der Waals surface area contributed by atoms with Crippen molar-refractivity contribution in [3.8, 4) is 0 Å². The Morgan fingerprint density at radius 3 is 2.67 bits per heavy atom. The lowest BCUT2D eigenvalue weighted by molar-refractivity contribution is -0.118. The second-order valence-electron chi connectivity index (χ2n) is 3.60. The van der Waals surface area contributed by atoms with E-state index >= 15 is 0 Å². The van der Waals surface area contributed by atoms with E-state index < -0.39 is 6.04 Å². The Bertz CT molecular complexity index is 352. The minimum atomic E-state index is -0.398. The van der Waals surface area contributed by atoms with Gasteiger partial charge in [0.05, 0.1) is 5.69 Å². The van der Waals surface area contributed by atoms with Crippen molar-refractivity contribution in [3.63, 3.8) is 0 Å². The summed E-state index contributed by atoms with van der Waals surface area (Å²) < 4.78 is 0. The highest BCUT2D eigenvalue weighted by Gasteiger charge is 2.35. The number of nitrogens with zero attached hydrogens (tertiary/aromatic N) is 2. The number of benzene rings is 1. The zero-order valence-electron chi connectivity index (χ0n) is 8.76. The van der Waals surface area contributed by atoms with E-state index in [1.54, 1.807) is 5.01 Å². The van der Waals surface area contributed by atoms with Crippen LogP contribution in [0.3, 0.4) is 0 Å². The fraction of sp³-hybridized carbons (Fsp3) is 0.364. The van der Waals surface area contributed by atoms with Gasteiger partial charge in [-0.3, -0.25) is 4.79 Å². The number of anilines is 1. The Kier molecular flexibility index (Phi) is 2.70. The van der Waals surface area contributed by atoms with E-state index in [2.05, 4.69) is 0 Å². The molecule has 4 heteroatoms. The second-order valence-corrected chi connectivity index (χ2v) is 3.60. The number of amides is 1. The van der Waals surface area contributed by atoms with Gasteiger partial charge in [0.15, 0.2) is 0 Å². The van der Waals surface area contributed by atoms with Crippen LogP contribution in [0, 0.1) is 0 Å². The van der Waals surface area contributed by atoms with Crippen molar-refractivity contribution in [3.05, 3.63) is 30.3 Å². The fourth-order valence-electron chi connectivity index (χ4n) is 1.81. The molecular formula is C11H15N3O. The van der Waals surface area contributed by atoms with Gasteiger partial charge in [-0.2, -0.15) is 0 Å². The predicted molar refractivity (Wildman–Crippen MR) is 59.2 cm³/mol. The molecule has 0 aliphatic carbocycles. The van der Waals surface area contributed by atoms with Gasteiger partial charge in [-0.25, -0.2) is 10.0 Å². The van der Waals surface area contributed by atoms with Gasteiger partial charge >= 0.3 is 0 Å². The monoisotopic (exact) mass is 205 g/mol. The van der Waals surface area contributed by atoms with Crippen LogP contribution in [0.2, 0.25) is 0 Å². The zero-order chi connectivity index (χ0) is 10.8. The predicted octanol–water partition coefficient (Wildman–Crippen LogP) is 0.597. The molecule has 1 fully saturated rings. The smallest absolute Gasteiger partial charge is 0.259 e. The van der Waals surface area contributed by atoms with Crippen LogP contribution < -0.4 is 10.7 Å². The Hall–Kier alpha value is -1.39. The Labute approximate surface area is 89.2 Å². The largest absolute Gasteiger partial charge is 0.319 e. The van der Waals surface area contributed by atoms with Crippen LogP contribution in [0.25, 0.3) is 0 Å². The molecule has 0 bridgehead atoms. The molecular weight excluding hydrogens is 190 g/mol. The maximum absolute atomic E-state index is 11.8. The molecule has 1 aromatic rings. The van der Waals surface area contributed by atoms with Crippen LogP contribution in [0.15, 0.2) is 30.3 Å². The highest BCUT2D eigenvalue weighted by atomic mass is 16.2. The summed E-state index contributed by atoms with van der Waals surface area (Å²) in [7, 11) is 0. The maximum atomic E-state index is 11.8. The molecule has 0 aromatic heterocycles. The third-order valence-corrected chi connectivity index (χ3v) is 2.58. The van der Waals surface area contributed by atoms with Crippen LogP contribution in [-0.2, 0) is 4.79 Å². The highest BCUT2D eigenvalue weighted by Crippen LogP contribution is 2.21. The number of para-hydroxylation sites is 1. The second kappa shape index (κ2) is 4.00. The Balaban J connectivity index is 2.31. The van der Waals surface area contributed by atoms with Gasteiger partial charge in [0, 0.05) is 13.1 Å². The summed E-state index contributed by atoms with van der Waals surface area (Å²) in [6.07, 6.45) is 0. The van der Waals surface area contributed by atoms with Gasteiger partial charge in [0.25, 0.3) is 5.91 Å². The van der Waals surface area contributed by atoms with Gasteiger partial charge in [0.2, 0.25) is 0 Å². The highest BCUT2D eigenvalue weighted by molar-refractivity contribution is 5.98. The first-order valence-electron chi connectivity index (χ1n) is 5.13. The number of hydrogen-bond donors (Lipinski definition) is 1. The number of rotatable bonds is 2. The summed E-state index contributed by atoms with van der Waals surface area (Å²) in [5, 5.41) is 3.63. The molecule has 1 saturated heterocycles. The first kappa shape index (κ1) is 10.1. The summed E-state index contributed by atoms with van der Waals surface area (Å²) in [6, 6.07) is 9.20. The van der Waals surface area contributed by atoms with Crippen LogP contribution in [0.1, 0.15) is 6.92 Å². The molecule has 1 atom stereocenters. The average Bonchev–Trinajstić information content (AvgIpc) is 2.56. The minimum Gasteiger partial charge on any atom is -0.319 e. The standard InChI is InChI=1S/C11H15N3O/c1-2-13-8-10(12)11(15)14(13)9-6-4-3-5-7-9/h3-7,10H,2,8,12H2,1H3. The van der Waals surface area contributed by atoms with Crippen LogP contribution in [0.5, 0.6) is 0 Å². The van der Waals surface area contributed by atoms with Crippen molar-refractivity contribution < 1.29 is 4.79 Å². The number of hydrazine groups is 1. The summed E-state index contributed by atoms with van der Waals surface area (Å²) in [4.78, 5) is 11.8. The normalized spacial score (nSPS) is 22.4. The van der Waals surface area contributed by atoms with E-state index in [1.165, 1.54) is 0 Å². The molecule has 2 rings (SSSR count). The van der Waals surface area contributed by atoms with E-state index in [1.807, 2.05) is 42.3 Å². The third kappa shape index (κ3) is 1.73. The van der Waals surface area contributed by atoms with E-state index in [9.17, 15) is 4.79 Å². The quantitative estimate of drug-likeness (QED) is 0.769. The summed E-state index contributed by atoms with van der Waals surface area (Å²) >= 11 is 0. The molecule has 4 nitrogen and oxygen atoms in total. The summed E-state index contributed by atoms with van der Waals surface area (Å²) in [5.41, 5.74) is 6.63. The molecule has 1 aliphatic rings. The molecule has 80 valence electrons. The number of likely N-dealkylation sites (N-methyl/N-ethyl adjacent to an activating group) is 1. The number of carbonyl (C=O) groups excluding carboxylic acids is 1. The molecule has 1 heterocycles. The minimum absolute atomic E-state index is 0.0250. The summed E-state index contributed by atoms with van der Waals surface area (Å²) in [6.45, 7) is 3.40. The van der Waals surface area contributed by atoms with Gasteiger partial charge in [-0.1, -0.05) is 25.1 Å². The molecule has 0 saturated carbocycles. The third-order valence-electron chi connectivity index (χ3n) is 2.58. The van der Waals surface area contributed by atoms with E-state index in [0.29, 0.717) is 6.54 Å². The average molecular weight is 205 g/mol. The van der Waals surface area contributed by atoms with Gasteiger partial charge in [-0.15, -0.1) is 0 Å². The topological polar surface area (TPSA) is 49.6 Å². The van der Waals surface area contributed by atoms with Gasteiger partial charge < -0.3 is 5.73 Å². The van der Waals surface area contributed by atoms with Crippen LogP contribution in [0.4, 0.5) is 5.69 Å². The lowest BCUT2D eigenvalue weighted by Crippen LogP contribution is -2.39. The lowest BCUT2D eigenvalue weighted by atomic mass is 10.3. The molecule has 0 radical (unpaired) electrons. The van der Waals surface area contributed by atoms with Crippen molar-refractivity contribution >= 4 is 11.6 Å².